The number of urea groups is 1. The van der Waals surface area contributed by atoms with Crippen LogP contribution in [0.25, 0.3) is 0 Å². The molecule has 134 valence electrons. The van der Waals surface area contributed by atoms with Crippen molar-refractivity contribution in [1.29, 1.82) is 0 Å². The lowest BCUT2D eigenvalue weighted by Gasteiger charge is -2.24. The van der Waals surface area contributed by atoms with Gasteiger partial charge in [0, 0.05) is 37.4 Å². The summed E-state index contributed by atoms with van der Waals surface area (Å²) in [4.78, 5) is 14.1. The van der Waals surface area contributed by atoms with Gasteiger partial charge in [0.1, 0.15) is 12.4 Å². The summed E-state index contributed by atoms with van der Waals surface area (Å²) in [5.74, 6) is 0.707. The van der Waals surface area contributed by atoms with E-state index in [1.54, 1.807) is 30.0 Å². The molecule has 2 rings (SSSR count). The first kappa shape index (κ1) is 18.4. The number of nitrogens with zero attached hydrogens (tertiary/aromatic N) is 1. The molecule has 1 atom stereocenters. The number of aryl methyl sites for hydroxylation is 1. The fraction of sp³-hybridized carbons (Fsp3) is 0.588. The molecule has 1 heterocycles. The second-order valence-corrected chi connectivity index (χ2v) is 5.88. The van der Waals surface area contributed by atoms with Gasteiger partial charge in [0.25, 0.3) is 6.43 Å². The summed E-state index contributed by atoms with van der Waals surface area (Å²) < 4.78 is 35.0. The lowest BCUT2D eigenvalue weighted by molar-refractivity contribution is 0.0816. The highest BCUT2D eigenvalue weighted by atomic mass is 19.3. The third-order valence-electron chi connectivity index (χ3n) is 3.98. The van der Waals surface area contributed by atoms with Crippen LogP contribution < -0.4 is 10.1 Å². The predicted molar refractivity (Wildman–Crippen MR) is 87.9 cm³/mol. The Labute approximate surface area is 140 Å². The number of ether oxygens (including phenoxy) is 2. The number of hydrogen-bond donors (Lipinski definition) is 1. The molecule has 1 aromatic carbocycles. The van der Waals surface area contributed by atoms with Crippen LogP contribution in [0.15, 0.2) is 18.2 Å². The van der Waals surface area contributed by atoms with Crippen molar-refractivity contribution >= 4 is 11.7 Å². The highest BCUT2D eigenvalue weighted by molar-refractivity contribution is 5.89. The highest BCUT2D eigenvalue weighted by Crippen LogP contribution is 2.23. The van der Waals surface area contributed by atoms with E-state index in [1.165, 1.54) is 0 Å². The van der Waals surface area contributed by atoms with Crippen LogP contribution in [-0.2, 0) is 4.74 Å². The summed E-state index contributed by atoms with van der Waals surface area (Å²) in [6.07, 6.45) is -1.58. The molecule has 0 radical (unpaired) electrons. The summed E-state index contributed by atoms with van der Waals surface area (Å²) >= 11 is 0. The van der Waals surface area contributed by atoms with E-state index in [9.17, 15) is 13.6 Å². The van der Waals surface area contributed by atoms with Crippen molar-refractivity contribution in [1.82, 2.24) is 4.90 Å². The topological polar surface area (TPSA) is 50.8 Å². The maximum atomic E-state index is 12.4. The minimum Gasteiger partial charge on any atom is -0.487 e. The van der Waals surface area contributed by atoms with E-state index in [-0.39, 0.29) is 6.03 Å². The highest BCUT2D eigenvalue weighted by Gasteiger charge is 2.21. The Kier molecular flexibility index (Phi) is 6.78. The van der Waals surface area contributed by atoms with Crippen LogP contribution in [0.2, 0.25) is 0 Å². The molecule has 0 saturated carbocycles. The lowest BCUT2D eigenvalue weighted by atomic mass is 10.1. The molecule has 1 aromatic rings. The van der Waals surface area contributed by atoms with Crippen LogP contribution in [-0.4, -0.2) is 50.3 Å². The van der Waals surface area contributed by atoms with Crippen LogP contribution in [0.5, 0.6) is 5.75 Å². The first-order valence-electron chi connectivity index (χ1n) is 8.14. The van der Waals surface area contributed by atoms with Crippen molar-refractivity contribution in [3.8, 4) is 5.75 Å². The molecule has 1 saturated heterocycles. The van der Waals surface area contributed by atoms with Crippen LogP contribution in [0.1, 0.15) is 18.9 Å². The first-order valence-corrected chi connectivity index (χ1v) is 8.14. The van der Waals surface area contributed by atoms with Gasteiger partial charge in [-0.25, -0.2) is 13.6 Å². The molecule has 0 spiro atoms. The average Bonchev–Trinajstić information content (AvgIpc) is 3.06. The fourth-order valence-corrected chi connectivity index (χ4v) is 2.58. The summed E-state index contributed by atoms with van der Waals surface area (Å²) in [5.41, 5.74) is 1.26. The van der Waals surface area contributed by atoms with Crippen LogP contribution >= 0.6 is 0 Å². The lowest BCUT2D eigenvalue weighted by Crippen LogP contribution is -2.38. The number of benzene rings is 1. The number of rotatable bonds is 7. The van der Waals surface area contributed by atoms with Crippen LogP contribution in [0, 0.1) is 12.8 Å². The third kappa shape index (κ3) is 5.33. The van der Waals surface area contributed by atoms with Gasteiger partial charge in [0.05, 0.1) is 6.61 Å². The zero-order valence-corrected chi connectivity index (χ0v) is 14.1. The van der Waals surface area contributed by atoms with E-state index >= 15 is 0 Å². The maximum absolute atomic E-state index is 12.4. The fourth-order valence-electron chi connectivity index (χ4n) is 2.58. The van der Waals surface area contributed by atoms with Gasteiger partial charge >= 0.3 is 6.03 Å². The first-order chi connectivity index (χ1) is 11.5. The maximum Gasteiger partial charge on any atom is 0.321 e. The Hall–Kier alpha value is -1.89. The molecule has 0 aliphatic carbocycles. The van der Waals surface area contributed by atoms with E-state index in [0.29, 0.717) is 37.1 Å². The van der Waals surface area contributed by atoms with Gasteiger partial charge < -0.3 is 19.7 Å². The van der Waals surface area contributed by atoms with E-state index in [0.717, 1.165) is 18.6 Å². The number of carbonyl (C=O) groups is 1. The van der Waals surface area contributed by atoms with Crippen molar-refractivity contribution in [2.24, 2.45) is 5.92 Å². The minimum atomic E-state index is -2.54. The molecule has 2 amide bonds. The number of alkyl halides is 2. The molecule has 24 heavy (non-hydrogen) atoms. The van der Waals surface area contributed by atoms with Gasteiger partial charge in [-0.15, -0.1) is 0 Å². The summed E-state index contributed by atoms with van der Waals surface area (Å²) in [5, 5.41) is 2.80. The molecule has 1 aliphatic rings. The van der Waals surface area contributed by atoms with E-state index in [2.05, 4.69) is 5.32 Å². The Bertz CT molecular complexity index is 549. The van der Waals surface area contributed by atoms with Gasteiger partial charge in [0.15, 0.2) is 0 Å². The Morgan fingerprint density at radius 2 is 2.29 bits per heavy atom. The second kappa shape index (κ2) is 8.82. The number of carbonyl (C=O) groups excluding carboxylic acids is 1. The minimum absolute atomic E-state index is 0.215. The van der Waals surface area contributed by atoms with Gasteiger partial charge in [-0.05, 0) is 31.9 Å². The number of anilines is 1. The number of halogens is 2. The van der Waals surface area contributed by atoms with Crippen molar-refractivity contribution < 1.29 is 23.0 Å². The van der Waals surface area contributed by atoms with E-state index < -0.39 is 13.0 Å². The third-order valence-corrected chi connectivity index (χ3v) is 3.98. The van der Waals surface area contributed by atoms with Gasteiger partial charge in [-0.2, -0.15) is 0 Å². The monoisotopic (exact) mass is 342 g/mol. The second-order valence-electron chi connectivity index (χ2n) is 5.88. The molecule has 0 bridgehead atoms. The average molecular weight is 342 g/mol. The van der Waals surface area contributed by atoms with Crippen LogP contribution in [0.3, 0.4) is 0 Å². The molecule has 0 unspecified atom stereocenters. The Morgan fingerprint density at radius 1 is 1.50 bits per heavy atom. The van der Waals surface area contributed by atoms with Crippen molar-refractivity contribution in [3.05, 3.63) is 23.8 Å². The standard InChI is InChI=1S/C17H24F2N2O3/c1-3-21(9-13-6-7-23-10-13)17(22)20-14-5-4-12(2)15(8-14)24-11-16(18)19/h4-5,8,13,16H,3,6-7,9-11H2,1-2H3,(H,20,22)/t13-/m0/s1. The molecule has 0 aromatic heterocycles. The molecule has 7 heteroatoms. The number of hydrogen-bond acceptors (Lipinski definition) is 3. The normalized spacial score (nSPS) is 17.1. The zero-order valence-electron chi connectivity index (χ0n) is 14.1. The predicted octanol–water partition coefficient (Wildman–Crippen LogP) is 3.53. The van der Waals surface area contributed by atoms with Gasteiger partial charge in [0.2, 0.25) is 0 Å². The van der Waals surface area contributed by atoms with Crippen LogP contribution in [0.4, 0.5) is 19.3 Å². The van der Waals surface area contributed by atoms with E-state index in [4.69, 9.17) is 9.47 Å². The number of amides is 2. The van der Waals surface area contributed by atoms with Gasteiger partial charge in [-0.1, -0.05) is 6.07 Å². The summed E-state index contributed by atoms with van der Waals surface area (Å²) in [6.45, 7) is 5.67. The number of nitrogens with one attached hydrogen (secondary N) is 1. The molecule has 1 N–H and O–H groups in total. The van der Waals surface area contributed by atoms with Gasteiger partial charge in [-0.3, -0.25) is 0 Å². The summed E-state index contributed by atoms with van der Waals surface area (Å²) in [7, 11) is 0. The largest absolute Gasteiger partial charge is 0.487 e. The molecular weight excluding hydrogens is 318 g/mol. The van der Waals surface area contributed by atoms with E-state index in [1.807, 2.05) is 6.92 Å². The Morgan fingerprint density at radius 3 is 2.92 bits per heavy atom. The summed E-state index contributed by atoms with van der Waals surface area (Å²) in [6, 6.07) is 4.82. The molecule has 1 aliphatic heterocycles. The zero-order chi connectivity index (χ0) is 17.5. The van der Waals surface area contributed by atoms with Crippen molar-refractivity contribution in [2.45, 2.75) is 26.7 Å². The smallest absolute Gasteiger partial charge is 0.321 e. The molecular formula is C17H24F2N2O3. The van der Waals surface area contributed by atoms with Crippen molar-refractivity contribution in [2.75, 3.05) is 38.2 Å². The molecule has 5 nitrogen and oxygen atoms in total. The van der Waals surface area contributed by atoms with Crippen molar-refractivity contribution in [3.63, 3.8) is 0 Å². The Balaban J connectivity index is 1.97. The quantitative estimate of drug-likeness (QED) is 0.825. The SMILES string of the molecule is CCN(C[C@@H]1CCOC1)C(=O)Nc1ccc(C)c(OCC(F)F)c1. The molecule has 1 fully saturated rings.